The Hall–Kier alpha value is -1.58. The SMILES string of the molecule is COc1ccc(CC(N)c2ccc(C)c(Cl)c2)cn1. The first-order valence-corrected chi connectivity index (χ1v) is 6.48. The van der Waals surface area contributed by atoms with Gasteiger partial charge in [-0.05, 0) is 36.1 Å². The lowest BCUT2D eigenvalue weighted by Crippen LogP contribution is -2.13. The van der Waals surface area contributed by atoms with Gasteiger partial charge in [0.25, 0.3) is 0 Å². The Morgan fingerprint density at radius 2 is 2.11 bits per heavy atom. The molecule has 3 nitrogen and oxygen atoms in total. The highest BCUT2D eigenvalue weighted by Gasteiger charge is 2.09. The van der Waals surface area contributed by atoms with Crippen LogP contribution in [0.3, 0.4) is 0 Å². The molecular weight excluding hydrogens is 260 g/mol. The minimum Gasteiger partial charge on any atom is -0.481 e. The highest BCUT2D eigenvalue weighted by molar-refractivity contribution is 6.31. The van der Waals surface area contributed by atoms with E-state index in [9.17, 15) is 0 Å². The molecule has 2 rings (SSSR count). The first kappa shape index (κ1) is 13.8. The molecule has 0 aliphatic heterocycles. The number of pyridine rings is 1. The molecule has 0 amide bonds. The van der Waals surface area contributed by atoms with Crippen LogP contribution in [0.5, 0.6) is 5.88 Å². The molecule has 0 aliphatic rings. The van der Waals surface area contributed by atoms with Gasteiger partial charge >= 0.3 is 0 Å². The fraction of sp³-hybridized carbons (Fsp3) is 0.267. The molecule has 1 atom stereocenters. The Labute approximate surface area is 118 Å². The van der Waals surface area contributed by atoms with Crippen molar-refractivity contribution in [1.29, 1.82) is 0 Å². The van der Waals surface area contributed by atoms with Gasteiger partial charge in [-0.25, -0.2) is 4.98 Å². The summed E-state index contributed by atoms with van der Waals surface area (Å²) < 4.78 is 5.03. The van der Waals surface area contributed by atoms with Crippen molar-refractivity contribution in [2.24, 2.45) is 5.73 Å². The summed E-state index contributed by atoms with van der Waals surface area (Å²) in [5.74, 6) is 0.607. The number of benzene rings is 1. The predicted molar refractivity (Wildman–Crippen MR) is 77.6 cm³/mol. The second-order valence-corrected chi connectivity index (χ2v) is 4.94. The minimum atomic E-state index is -0.0895. The van der Waals surface area contributed by atoms with Crippen LogP contribution in [0.1, 0.15) is 22.7 Å². The summed E-state index contributed by atoms with van der Waals surface area (Å²) >= 11 is 6.12. The van der Waals surface area contributed by atoms with Gasteiger partial charge in [-0.3, -0.25) is 0 Å². The monoisotopic (exact) mass is 276 g/mol. The molecular formula is C15H17ClN2O. The van der Waals surface area contributed by atoms with Crippen LogP contribution in [-0.4, -0.2) is 12.1 Å². The zero-order valence-electron chi connectivity index (χ0n) is 11.1. The van der Waals surface area contributed by atoms with Gasteiger partial charge in [-0.15, -0.1) is 0 Å². The topological polar surface area (TPSA) is 48.1 Å². The van der Waals surface area contributed by atoms with Crippen LogP contribution in [0.2, 0.25) is 5.02 Å². The quantitative estimate of drug-likeness (QED) is 0.932. The molecule has 0 bridgehead atoms. The van der Waals surface area contributed by atoms with Crippen molar-refractivity contribution in [3.8, 4) is 5.88 Å². The Morgan fingerprint density at radius 3 is 2.68 bits per heavy atom. The number of methoxy groups -OCH3 is 1. The lowest BCUT2D eigenvalue weighted by molar-refractivity contribution is 0.397. The van der Waals surface area contributed by atoms with Crippen LogP contribution in [0.25, 0.3) is 0 Å². The molecule has 19 heavy (non-hydrogen) atoms. The maximum Gasteiger partial charge on any atom is 0.212 e. The predicted octanol–water partition coefficient (Wildman–Crippen LogP) is 3.29. The van der Waals surface area contributed by atoms with Gasteiger partial charge in [-0.2, -0.15) is 0 Å². The van der Waals surface area contributed by atoms with Crippen LogP contribution in [0, 0.1) is 6.92 Å². The van der Waals surface area contributed by atoms with Gasteiger partial charge < -0.3 is 10.5 Å². The summed E-state index contributed by atoms with van der Waals surface area (Å²) in [6, 6.07) is 9.66. The third-order valence-electron chi connectivity index (χ3n) is 3.09. The molecule has 0 spiro atoms. The van der Waals surface area contributed by atoms with E-state index in [2.05, 4.69) is 4.98 Å². The van der Waals surface area contributed by atoms with Gasteiger partial charge in [0.2, 0.25) is 5.88 Å². The maximum atomic E-state index is 6.20. The van der Waals surface area contributed by atoms with E-state index in [0.29, 0.717) is 5.88 Å². The van der Waals surface area contributed by atoms with Gasteiger partial charge in [0.15, 0.2) is 0 Å². The second kappa shape index (κ2) is 6.04. The average Bonchev–Trinajstić information content (AvgIpc) is 2.42. The van der Waals surface area contributed by atoms with E-state index in [0.717, 1.165) is 28.1 Å². The fourth-order valence-corrected chi connectivity index (χ4v) is 2.05. The van der Waals surface area contributed by atoms with Gasteiger partial charge in [0.1, 0.15) is 0 Å². The zero-order chi connectivity index (χ0) is 13.8. The summed E-state index contributed by atoms with van der Waals surface area (Å²) in [6.07, 6.45) is 2.50. The highest BCUT2D eigenvalue weighted by Crippen LogP contribution is 2.22. The van der Waals surface area contributed by atoms with Gasteiger partial charge in [0.05, 0.1) is 7.11 Å². The molecule has 0 saturated heterocycles. The van der Waals surface area contributed by atoms with E-state index >= 15 is 0 Å². The van der Waals surface area contributed by atoms with Gasteiger partial charge in [0, 0.05) is 23.3 Å². The van der Waals surface area contributed by atoms with Crippen molar-refractivity contribution in [2.75, 3.05) is 7.11 Å². The largest absolute Gasteiger partial charge is 0.481 e. The third-order valence-corrected chi connectivity index (χ3v) is 3.49. The first-order valence-electron chi connectivity index (χ1n) is 6.10. The molecule has 1 heterocycles. The number of rotatable bonds is 4. The van der Waals surface area contributed by atoms with Gasteiger partial charge in [-0.1, -0.05) is 29.8 Å². The lowest BCUT2D eigenvalue weighted by Gasteiger charge is -2.13. The molecule has 100 valence electrons. The Morgan fingerprint density at radius 1 is 1.32 bits per heavy atom. The third kappa shape index (κ3) is 3.46. The number of ether oxygens (including phenoxy) is 1. The van der Waals surface area contributed by atoms with Crippen LogP contribution < -0.4 is 10.5 Å². The van der Waals surface area contributed by atoms with Crippen molar-refractivity contribution in [3.63, 3.8) is 0 Å². The van der Waals surface area contributed by atoms with E-state index in [4.69, 9.17) is 22.1 Å². The number of aromatic nitrogens is 1. The molecule has 0 radical (unpaired) electrons. The van der Waals surface area contributed by atoms with E-state index in [1.54, 1.807) is 13.3 Å². The van der Waals surface area contributed by atoms with E-state index < -0.39 is 0 Å². The zero-order valence-corrected chi connectivity index (χ0v) is 11.8. The molecule has 1 aromatic heterocycles. The average molecular weight is 277 g/mol. The van der Waals surface area contributed by atoms with Crippen molar-refractivity contribution < 1.29 is 4.74 Å². The normalized spacial score (nSPS) is 12.2. The summed E-state index contributed by atoms with van der Waals surface area (Å²) in [5, 5.41) is 0.751. The van der Waals surface area contributed by atoms with Crippen LogP contribution in [0.15, 0.2) is 36.5 Å². The molecule has 1 aromatic carbocycles. The molecule has 0 fully saturated rings. The summed E-state index contributed by atoms with van der Waals surface area (Å²) in [6.45, 7) is 1.98. The number of hydrogen-bond acceptors (Lipinski definition) is 3. The molecule has 4 heteroatoms. The number of nitrogens with two attached hydrogens (primary N) is 1. The number of halogens is 1. The fourth-order valence-electron chi connectivity index (χ4n) is 1.86. The van der Waals surface area contributed by atoms with Crippen molar-refractivity contribution >= 4 is 11.6 Å². The molecule has 0 aliphatic carbocycles. The summed E-state index contributed by atoms with van der Waals surface area (Å²) in [5.41, 5.74) is 9.37. The highest BCUT2D eigenvalue weighted by atomic mass is 35.5. The Balaban J connectivity index is 2.10. The van der Waals surface area contributed by atoms with Crippen molar-refractivity contribution in [3.05, 3.63) is 58.2 Å². The smallest absolute Gasteiger partial charge is 0.212 e. The Bertz CT molecular complexity index is 555. The Kier molecular flexibility index (Phi) is 4.40. The molecule has 2 aromatic rings. The maximum absolute atomic E-state index is 6.20. The summed E-state index contributed by atoms with van der Waals surface area (Å²) in [4.78, 5) is 4.17. The van der Waals surface area contributed by atoms with Crippen molar-refractivity contribution in [2.45, 2.75) is 19.4 Å². The van der Waals surface area contributed by atoms with E-state index in [-0.39, 0.29) is 6.04 Å². The second-order valence-electron chi connectivity index (χ2n) is 4.53. The van der Waals surface area contributed by atoms with Crippen LogP contribution in [-0.2, 0) is 6.42 Å². The molecule has 2 N–H and O–H groups in total. The molecule has 1 unspecified atom stereocenters. The lowest BCUT2D eigenvalue weighted by atomic mass is 10.00. The first-order chi connectivity index (χ1) is 9.10. The number of nitrogens with zero attached hydrogens (tertiary/aromatic N) is 1. The van der Waals surface area contributed by atoms with Crippen molar-refractivity contribution in [1.82, 2.24) is 4.98 Å². The summed E-state index contributed by atoms with van der Waals surface area (Å²) in [7, 11) is 1.60. The van der Waals surface area contributed by atoms with Crippen LogP contribution >= 0.6 is 11.6 Å². The number of hydrogen-bond donors (Lipinski definition) is 1. The standard InChI is InChI=1S/C15H17ClN2O/c1-10-3-5-12(8-13(10)16)14(17)7-11-4-6-15(19-2)18-9-11/h3-6,8-9,14H,7,17H2,1-2H3. The van der Waals surface area contributed by atoms with E-state index in [1.807, 2.05) is 37.3 Å². The molecule has 0 saturated carbocycles. The van der Waals surface area contributed by atoms with E-state index in [1.165, 1.54) is 0 Å². The van der Waals surface area contributed by atoms with Crippen LogP contribution in [0.4, 0.5) is 0 Å². The number of aryl methyl sites for hydroxylation is 1. The minimum absolute atomic E-state index is 0.0895.